The molecule has 1 aromatic heterocycles. The number of ether oxygens (including phenoxy) is 1. The van der Waals surface area contributed by atoms with Crippen LogP contribution in [0.25, 0.3) is 0 Å². The summed E-state index contributed by atoms with van der Waals surface area (Å²) in [6.45, 7) is 5.06. The molecule has 110 valence electrons. The lowest BCUT2D eigenvalue weighted by Crippen LogP contribution is -2.06. The summed E-state index contributed by atoms with van der Waals surface area (Å²) in [5.41, 5.74) is 2.21. The summed E-state index contributed by atoms with van der Waals surface area (Å²) < 4.78 is 21.3. The number of hydrogen-bond acceptors (Lipinski definition) is 2. The van der Waals surface area contributed by atoms with Crippen LogP contribution in [0.4, 0.5) is 4.39 Å². The van der Waals surface area contributed by atoms with E-state index in [0.717, 1.165) is 17.9 Å². The average Bonchev–Trinajstić information content (AvgIpc) is 2.84. The van der Waals surface area contributed by atoms with Gasteiger partial charge in [-0.25, -0.2) is 4.39 Å². The zero-order chi connectivity index (χ0) is 15.2. The molecule has 0 N–H and O–H groups in total. The van der Waals surface area contributed by atoms with Gasteiger partial charge in [-0.3, -0.25) is 4.68 Å². The Morgan fingerprint density at radius 1 is 1.38 bits per heavy atom. The number of nitrogens with zero attached hydrogens (tertiary/aromatic N) is 2. The molecular weight excluding hydrogens is 291 g/mol. The van der Waals surface area contributed by atoms with E-state index in [1.807, 2.05) is 24.6 Å². The number of halogens is 2. The summed E-state index contributed by atoms with van der Waals surface area (Å²) in [5, 5.41) is 4.34. The van der Waals surface area contributed by atoms with E-state index in [1.54, 1.807) is 12.1 Å². The van der Waals surface area contributed by atoms with Gasteiger partial charge in [-0.1, -0.05) is 11.8 Å². The zero-order valence-electron chi connectivity index (χ0n) is 12.0. The molecule has 5 heteroatoms. The third-order valence-electron chi connectivity index (χ3n) is 2.90. The predicted octanol–water partition coefficient (Wildman–Crippen LogP) is 3.52. The topological polar surface area (TPSA) is 27.1 Å². The van der Waals surface area contributed by atoms with E-state index in [2.05, 4.69) is 16.9 Å². The second-order valence-electron chi connectivity index (χ2n) is 4.46. The summed E-state index contributed by atoms with van der Waals surface area (Å²) in [7, 11) is 0. The Hall–Kier alpha value is -1.99. The molecular formula is C16H16ClFN2O. The van der Waals surface area contributed by atoms with Gasteiger partial charge in [-0.2, -0.15) is 5.10 Å². The molecule has 0 saturated carbocycles. The Labute approximate surface area is 128 Å². The van der Waals surface area contributed by atoms with E-state index in [4.69, 9.17) is 16.3 Å². The maximum absolute atomic E-state index is 13.8. The van der Waals surface area contributed by atoms with Gasteiger partial charge in [-0.05, 0) is 32.0 Å². The van der Waals surface area contributed by atoms with Crippen LogP contribution in [0.2, 0.25) is 0 Å². The average molecular weight is 307 g/mol. The van der Waals surface area contributed by atoms with E-state index in [1.165, 1.54) is 6.07 Å². The van der Waals surface area contributed by atoms with Crippen LogP contribution >= 0.6 is 11.6 Å². The van der Waals surface area contributed by atoms with Crippen LogP contribution in [0, 0.1) is 24.6 Å². The molecule has 0 saturated heterocycles. The van der Waals surface area contributed by atoms with Gasteiger partial charge in [0.15, 0.2) is 0 Å². The van der Waals surface area contributed by atoms with Crippen LogP contribution in [0.1, 0.15) is 23.9 Å². The van der Waals surface area contributed by atoms with Crippen LogP contribution in [0.15, 0.2) is 24.3 Å². The Kier molecular flexibility index (Phi) is 5.24. The lowest BCUT2D eigenvalue weighted by Gasteiger charge is -2.08. The fourth-order valence-electron chi connectivity index (χ4n) is 1.96. The third-order valence-corrected chi connectivity index (χ3v) is 3.04. The van der Waals surface area contributed by atoms with Crippen molar-refractivity contribution >= 4 is 11.6 Å². The molecule has 2 rings (SSSR count). The molecule has 1 aromatic carbocycles. The summed E-state index contributed by atoms with van der Waals surface area (Å²) in [4.78, 5) is 0. The van der Waals surface area contributed by atoms with Crippen molar-refractivity contribution in [2.24, 2.45) is 0 Å². The summed E-state index contributed by atoms with van der Waals surface area (Å²) in [5.74, 6) is 5.51. The highest BCUT2D eigenvalue weighted by Crippen LogP contribution is 2.18. The monoisotopic (exact) mass is 306 g/mol. The maximum Gasteiger partial charge on any atom is 0.142 e. The Balaban J connectivity index is 2.08. The van der Waals surface area contributed by atoms with Crippen LogP contribution in [0.3, 0.4) is 0 Å². The lowest BCUT2D eigenvalue weighted by molar-refractivity contribution is 0.291. The normalized spacial score (nSPS) is 10.1. The highest BCUT2D eigenvalue weighted by Gasteiger charge is 2.06. The van der Waals surface area contributed by atoms with Gasteiger partial charge < -0.3 is 4.74 Å². The maximum atomic E-state index is 13.8. The molecule has 0 fully saturated rings. The standard InChI is InChI=1S/C16H16ClFN2O/c1-3-20-14(9-12(2)19-20)11-21-15-7-6-13(5-4-8-17)16(18)10-15/h6-7,9-10H,3,8,11H2,1-2H3. The van der Waals surface area contributed by atoms with Crippen molar-refractivity contribution < 1.29 is 9.13 Å². The number of alkyl halides is 1. The fraction of sp³-hybridized carbons (Fsp3) is 0.312. The van der Waals surface area contributed by atoms with Crippen molar-refractivity contribution in [1.82, 2.24) is 9.78 Å². The molecule has 0 atom stereocenters. The number of aromatic nitrogens is 2. The lowest BCUT2D eigenvalue weighted by atomic mass is 10.2. The minimum Gasteiger partial charge on any atom is -0.487 e. The molecule has 0 aliphatic rings. The SMILES string of the molecule is CCn1nc(C)cc1COc1ccc(C#CCCl)c(F)c1. The number of hydrogen-bond donors (Lipinski definition) is 0. The largest absolute Gasteiger partial charge is 0.487 e. The van der Waals surface area contributed by atoms with E-state index >= 15 is 0 Å². The van der Waals surface area contributed by atoms with Gasteiger partial charge >= 0.3 is 0 Å². The van der Waals surface area contributed by atoms with E-state index < -0.39 is 5.82 Å². The Bertz CT molecular complexity index is 685. The van der Waals surface area contributed by atoms with Gasteiger partial charge in [0, 0.05) is 12.6 Å². The van der Waals surface area contributed by atoms with E-state index in [0.29, 0.717) is 17.9 Å². The second-order valence-corrected chi connectivity index (χ2v) is 4.73. The number of rotatable bonds is 4. The van der Waals surface area contributed by atoms with Crippen molar-refractivity contribution in [3.63, 3.8) is 0 Å². The van der Waals surface area contributed by atoms with Gasteiger partial charge in [0.2, 0.25) is 0 Å². The molecule has 2 aromatic rings. The zero-order valence-corrected chi connectivity index (χ0v) is 12.7. The first-order chi connectivity index (χ1) is 10.1. The van der Waals surface area contributed by atoms with Crippen molar-refractivity contribution in [2.75, 3.05) is 5.88 Å². The molecule has 0 aliphatic heterocycles. The summed E-state index contributed by atoms with van der Waals surface area (Å²) in [6.07, 6.45) is 0. The van der Waals surface area contributed by atoms with Crippen LogP contribution in [-0.4, -0.2) is 15.7 Å². The third kappa shape index (κ3) is 3.99. The quantitative estimate of drug-likeness (QED) is 0.638. The molecule has 0 amide bonds. The van der Waals surface area contributed by atoms with Crippen molar-refractivity contribution in [2.45, 2.75) is 27.0 Å². The molecule has 0 aliphatic carbocycles. The highest BCUT2D eigenvalue weighted by molar-refractivity contribution is 6.19. The first-order valence-electron chi connectivity index (χ1n) is 6.64. The molecule has 21 heavy (non-hydrogen) atoms. The van der Waals surface area contributed by atoms with Gasteiger partial charge in [-0.15, -0.1) is 11.6 Å². The van der Waals surface area contributed by atoms with Crippen LogP contribution < -0.4 is 4.74 Å². The van der Waals surface area contributed by atoms with Crippen LogP contribution in [0.5, 0.6) is 5.75 Å². The van der Waals surface area contributed by atoms with E-state index in [-0.39, 0.29) is 5.88 Å². The van der Waals surface area contributed by atoms with E-state index in [9.17, 15) is 4.39 Å². The summed E-state index contributed by atoms with van der Waals surface area (Å²) in [6, 6.07) is 6.57. The van der Waals surface area contributed by atoms with Gasteiger partial charge in [0.25, 0.3) is 0 Å². The minimum absolute atomic E-state index is 0.179. The van der Waals surface area contributed by atoms with Crippen LogP contribution in [-0.2, 0) is 13.2 Å². The Morgan fingerprint density at radius 2 is 2.19 bits per heavy atom. The number of benzene rings is 1. The molecule has 0 bridgehead atoms. The molecule has 0 radical (unpaired) electrons. The first kappa shape index (κ1) is 15.4. The van der Waals surface area contributed by atoms with Gasteiger partial charge in [0.05, 0.1) is 22.8 Å². The fourth-order valence-corrected chi connectivity index (χ4v) is 2.03. The van der Waals surface area contributed by atoms with Crippen molar-refractivity contribution in [3.05, 3.63) is 47.0 Å². The molecule has 3 nitrogen and oxygen atoms in total. The highest BCUT2D eigenvalue weighted by atomic mass is 35.5. The second kappa shape index (κ2) is 7.14. The van der Waals surface area contributed by atoms with Crippen molar-refractivity contribution in [1.29, 1.82) is 0 Å². The summed E-state index contributed by atoms with van der Waals surface area (Å²) >= 11 is 5.45. The molecule has 0 spiro atoms. The predicted molar refractivity (Wildman–Crippen MR) is 81.0 cm³/mol. The molecule has 1 heterocycles. The smallest absolute Gasteiger partial charge is 0.142 e. The Morgan fingerprint density at radius 3 is 2.86 bits per heavy atom. The molecule has 0 unspecified atom stereocenters. The van der Waals surface area contributed by atoms with Crippen molar-refractivity contribution in [3.8, 4) is 17.6 Å². The van der Waals surface area contributed by atoms with Gasteiger partial charge in [0.1, 0.15) is 18.2 Å². The minimum atomic E-state index is -0.412. The first-order valence-corrected chi connectivity index (χ1v) is 7.18. The number of aryl methyl sites for hydroxylation is 2.